The Morgan fingerprint density at radius 1 is 0.920 bits per heavy atom. The van der Waals surface area contributed by atoms with Crippen molar-refractivity contribution in [2.24, 2.45) is 0 Å². The Balaban J connectivity index is 0.00000312. The molecule has 0 saturated heterocycles. The first kappa shape index (κ1) is 20.6. The summed E-state index contributed by atoms with van der Waals surface area (Å²) in [4.78, 5) is 34.7. The van der Waals surface area contributed by atoms with E-state index < -0.39 is 0 Å². The standard InChI is InChI=1S/C19H19FNO3.ClH/c1-14(22)13-19(24)16-8-11-21(12-9-16)10-2-3-18(23)15-4-6-17(20)7-5-15;/h4-9,11-12H,2-3,10,13H2,1H3;1H/q+1;/p-1. The van der Waals surface area contributed by atoms with Crippen LogP contribution in [0.5, 0.6) is 0 Å². The molecule has 25 heavy (non-hydrogen) atoms. The number of halogens is 2. The molecule has 2 aromatic rings. The summed E-state index contributed by atoms with van der Waals surface area (Å²) in [7, 11) is 0. The lowest BCUT2D eigenvalue weighted by molar-refractivity contribution is -0.697. The van der Waals surface area contributed by atoms with E-state index >= 15 is 0 Å². The summed E-state index contributed by atoms with van der Waals surface area (Å²) in [5, 5.41) is 0. The highest BCUT2D eigenvalue weighted by molar-refractivity contribution is 6.07. The molecule has 1 aromatic heterocycles. The number of carbonyl (C=O) groups excluding carboxylic acids is 3. The van der Waals surface area contributed by atoms with Crippen molar-refractivity contribution in [3.63, 3.8) is 0 Å². The van der Waals surface area contributed by atoms with E-state index in [0.717, 1.165) is 0 Å². The van der Waals surface area contributed by atoms with E-state index in [-0.39, 0.29) is 42.0 Å². The van der Waals surface area contributed by atoms with Crippen molar-refractivity contribution in [1.29, 1.82) is 0 Å². The number of nitrogens with zero attached hydrogens (tertiary/aromatic N) is 1. The third-order valence-corrected chi connectivity index (χ3v) is 3.61. The van der Waals surface area contributed by atoms with E-state index in [2.05, 4.69) is 0 Å². The van der Waals surface area contributed by atoms with Crippen LogP contribution in [0.1, 0.15) is 46.9 Å². The predicted molar refractivity (Wildman–Crippen MR) is 86.2 cm³/mol. The summed E-state index contributed by atoms with van der Waals surface area (Å²) in [5.41, 5.74) is 1.01. The molecule has 0 aliphatic heterocycles. The van der Waals surface area contributed by atoms with Crippen LogP contribution in [0, 0.1) is 5.82 Å². The zero-order chi connectivity index (χ0) is 17.5. The Morgan fingerprint density at radius 3 is 2.04 bits per heavy atom. The summed E-state index contributed by atoms with van der Waals surface area (Å²) < 4.78 is 14.7. The van der Waals surface area contributed by atoms with Gasteiger partial charge in [-0.3, -0.25) is 14.4 Å². The molecule has 132 valence electrons. The van der Waals surface area contributed by atoms with Gasteiger partial charge in [-0.15, -0.1) is 0 Å². The second-order valence-corrected chi connectivity index (χ2v) is 5.66. The number of carbonyl (C=O) groups is 3. The zero-order valence-electron chi connectivity index (χ0n) is 13.9. The summed E-state index contributed by atoms with van der Waals surface area (Å²) in [6.45, 7) is 2.02. The average Bonchev–Trinajstić information content (AvgIpc) is 2.55. The molecule has 0 aliphatic rings. The Bertz CT molecular complexity index is 742. The molecule has 2 rings (SSSR count). The zero-order valence-corrected chi connectivity index (χ0v) is 14.6. The lowest BCUT2D eigenvalue weighted by atomic mass is 10.1. The molecule has 4 nitrogen and oxygen atoms in total. The Labute approximate surface area is 152 Å². The molecule has 1 heterocycles. The Morgan fingerprint density at radius 2 is 1.48 bits per heavy atom. The second kappa shape index (κ2) is 9.79. The number of aryl methyl sites for hydroxylation is 1. The molecule has 0 unspecified atom stereocenters. The van der Waals surface area contributed by atoms with Gasteiger partial charge in [0.05, 0.1) is 6.42 Å². The number of hydrogen-bond acceptors (Lipinski definition) is 3. The molecular weight excluding hydrogens is 345 g/mol. The van der Waals surface area contributed by atoms with Crippen molar-refractivity contribution in [1.82, 2.24) is 0 Å². The van der Waals surface area contributed by atoms with E-state index in [4.69, 9.17) is 0 Å². The molecule has 0 atom stereocenters. The smallest absolute Gasteiger partial charge is 0.170 e. The molecule has 1 aromatic carbocycles. The van der Waals surface area contributed by atoms with E-state index in [1.54, 1.807) is 24.5 Å². The third kappa shape index (κ3) is 6.55. The van der Waals surface area contributed by atoms with Gasteiger partial charge in [0.15, 0.2) is 24.0 Å². The molecule has 0 saturated carbocycles. The Kier molecular flexibility index (Phi) is 8.08. The maximum Gasteiger partial charge on any atom is 0.170 e. The number of rotatable bonds is 8. The van der Waals surface area contributed by atoms with Gasteiger partial charge < -0.3 is 12.4 Å². The van der Waals surface area contributed by atoms with Crippen molar-refractivity contribution in [3.8, 4) is 0 Å². The second-order valence-electron chi connectivity index (χ2n) is 5.66. The lowest BCUT2D eigenvalue weighted by Crippen LogP contribution is -3.00. The molecule has 0 radical (unpaired) electrons. The van der Waals surface area contributed by atoms with Gasteiger partial charge in [0, 0.05) is 36.1 Å². The highest BCUT2D eigenvalue weighted by Gasteiger charge is 2.11. The van der Waals surface area contributed by atoms with Gasteiger partial charge in [-0.2, -0.15) is 0 Å². The van der Waals surface area contributed by atoms with Crippen LogP contribution >= 0.6 is 0 Å². The van der Waals surface area contributed by atoms with Crippen LogP contribution in [-0.4, -0.2) is 17.3 Å². The average molecular weight is 364 g/mol. The molecular formula is C19H19ClFNO3. The van der Waals surface area contributed by atoms with Crippen molar-refractivity contribution < 1.29 is 35.7 Å². The van der Waals surface area contributed by atoms with Gasteiger partial charge in [-0.05, 0) is 31.2 Å². The lowest BCUT2D eigenvalue weighted by Gasteiger charge is -2.01. The van der Waals surface area contributed by atoms with Crippen LogP contribution in [-0.2, 0) is 11.3 Å². The quantitative estimate of drug-likeness (QED) is 0.375. The van der Waals surface area contributed by atoms with Crippen molar-refractivity contribution in [3.05, 3.63) is 65.7 Å². The van der Waals surface area contributed by atoms with Gasteiger partial charge >= 0.3 is 0 Å². The minimum Gasteiger partial charge on any atom is -1.00 e. The van der Waals surface area contributed by atoms with Gasteiger partial charge in [0.1, 0.15) is 18.1 Å². The van der Waals surface area contributed by atoms with Crippen LogP contribution in [0.2, 0.25) is 0 Å². The predicted octanol–water partition coefficient (Wildman–Crippen LogP) is -0.0579. The molecule has 6 heteroatoms. The third-order valence-electron chi connectivity index (χ3n) is 3.61. The van der Waals surface area contributed by atoms with E-state index in [1.807, 2.05) is 4.57 Å². The number of hydrogen-bond donors (Lipinski definition) is 0. The number of pyridine rings is 1. The molecule has 0 spiro atoms. The molecule has 0 fully saturated rings. The molecule has 0 bridgehead atoms. The summed E-state index contributed by atoms with van der Waals surface area (Å²) in [6, 6.07) is 8.87. The van der Waals surface area contributed by atoms with Crippen LogP contribution in [0.15, 0.2) is 48.8 Å². The Hall–Kier alpha value is -2.40. The number of Topliss-reactive ketones (excluding diaryl/α,β-unsaturated/α-hetero) is 3. The first-order valence-corrected chi connectivity index (χ1v) is 7.76. The van der Waals surface area contributed by atoms with Crippen molar-refractivity contribution in [2.75, 3.05) is 0 Å². The monoisotopic (exact) mass is 363 g/mol. The van der Waals surface area contributed by atoms with Gasteiger partial charge in [-0.1, -0.05) is 0 Å². The number of benzene rings is 1. The van der Waals surface area contributed by atoms with Crippen molar-refractivity contribution >= 4 is 17.3 Å². The summed E-state index contributed by atoms with van der Waals surface area (Å²) in [6.07, 6.45) is 4.44. The number of ketones is 3. The largest absolute Gasteiger partial charge is 1.00 e. The SMILES string of the molecule is CC(=O)CC(=O)c1cc[n+](CCCC(=O)c2ccc(F)cc2)cc1.[Cl-]. The van der Waals surface area contributed by atoms with E-state index in [0.29, 0.717) is 30.5 Å². The van der Waals surface area contributed by atoms with E-state index in [9.17, 15) is 18.8 Å². The van der Waals surface area contributed by atoms with Gasteiger partial charge in [0.25, 0.3) is 0 Å². The minimum atomic E-state index is -0.360. The maximum atomic E-state index is 12.8. The highest BCUT2D eigenvalue weighted by atomic mass is 35.5. The topological polar surface area (TPSA) is 55.1 Å². The fourth-order valence-corrected chi connectivity index (χ4v) is 2.32. The fourth-order valence-electron chi connectivity index (χ4n) is 2.32. The highest BCUT2D eigenvalue weighted by Crippen LogP contribution is 2.07. The van der Waals surface area contributed by atoms with Crippen LogP contribution in [0.3, 0.4) is 0 Å². The van der Waals surface area contributed by atoms with Crippen molar-refractivity contribution in [2.45, 2.75) is 32.7 Å². The first-order valence-electron chi connectivity index (χ1n) is 7.76. The van der Waals surface area contributed by atoms with Crippen LogP contribution < -0.4 is 17.0 Å². The minimum absolute atomic E-state index is 0. The maximum absolute atomic E-state index is 12.8. The van der Waals surface area contributed by atoms with Gasteiger partial charge in [-0.25, -0.2) is 8.96 Å². The normalized spacial score (nSPS) is 10.0. The fraction of sp³-hybridized carbons (Fsp3) is 0.263. The molecule has 0 aliphatic carbocycles. The molecule has 0 amide bonds. The van der Waals surface area contributed by atoms with Crippen LogP contribution in [0.4, 0.5) is 4.39 Å². The van der Waals surface area contributed by atoms with Gasteiger partial charge in [0.2, 0.25) is 0 Å². The van der Waals surface area contributed by atoms with Crippen LogP contribution in [0.25, 0.3) is 0 Å². The first-order chi connectivity index (χ1) is 11.5. The number of aromatic nitrogens is 1. The summed E-state index contributed by atoms with van der Waals surface area (Å²) >= 11 is 0. The summed E-state index contributed by atoms with van der Waals surface area (Å²) in [5.74, 6) is -0.734. The van der Waals surface area contributed by atoms with E-state index in [1.165, 1.54) is 31.2 Å². The molecule has 0 N–H and O–H groups in total.